The van der Waals surface area contributed by atoms with E-state index in [0.29, 0.717) is 0 Å². The second-order valence-electron chi connectivity index (χ2n) is 1.67. The van der Waals surface area contributed by atoms with E-state index in [1.807, 2.05) is 38.7 Å². The van der Waals surface area contributed by atoms with Gasteiger partial charge in [-0.2, -0.15) is 11.3 Å². The highest BCUT2D eigenvalue weighted by Gasteiger charge is 1.82. The van der Waals surface area contributed by atoms with Crippen LogP contribution in [0.3, 0.4) is 0 Å². The molecule has 0 amide bonds. The fourth-order valence-electron chi connectivity index (χ4n) is 0.342. The molecule has 1 rings (SSSR count). The fourth-order valence-corrected chi connectivity index (χ4v) is 0.948. The average molecular weight is 187 g/mol. The molecule has 1 heterocycles. The maximum absolute atomic E-state index is 9.87. The smallest absolute Gasteiger partial charge is 0.150 e. The van der Waals surface area contributed by atoms with Gasteiger partial charge in [-0.15, -0.1) is 0 Å². The standard InChI is InChI=1S/C5H4OS.C2H7N.C2H6/c6-3-5-1-2-7-4-5;1-3-2;1-2/h1-4H;3H,1-2H3;1-2H3. The second kappa shape index (κ2) is 13.0. The minimum atomic E-state index is 0.769. The van der Waals surface area contributed by atoms with Crippen LogP contribution < -0.4 is 5.32 Å². The molecule has 2 nitrogen and oxygen atoms in total. The van der Waals surface area contributed by atoms with Gasteiger partial charge in [0.05, 0.1) is 0 Å². The lowest BCUT2D eigenvalue weighted by Gasteiger charge is -1.65. The summed E-state index contributed by atoms with van der Waals surface area (Å²) in [5, 5.41) is 6.44. The van der Waals surface area contributed by atoms with Gasteiger partial charge in [-0.3, -0.25) is 4.79 Å². The van der Waals surface area contributed by atoms with Gasteiger partial charge in [-0.05, 0) is 25.5 Å². The molecule has 1 aromatic rings. The largest absolute Gasteiger partial charge is 0.323 e. The Balaban J connectivity index is 0. The van der Waals surface area contributed by atoms with Crippen molar-refractivity contribution in [3.05, 3.63) is 22.4 Å². The van der Waals surface area contributed by atoms with E-state index >= 15 is 0 Å². The SMILES string of the molecule is CC.CNC.O=Cc1ccsc1. The zero-order chi connectivity index (χ0) is 9.82. The number of rotatable bonds is 1. The Morgan fingerprint density at radius 3 is 2.08 bits per heavy atom. The highest BCUT2D eigenvalue weighted by Crippen LogP contribution is 2.00. The minimum Gasteiger partial charge on any atom is -0.323 e. The van der Waals surface area contributed by atoms with Crippen molar-refractivity contribution in [3.63, 3.8) is 0 Å². The van der Waals surface area contributed by atoms with Crippen LogP contribution in [0.1, 0.15) is 24.2 Å². The van der Waals surface area contributed by atoms with E-state index in [9.17, 15) is 4.79 Å². The van der Waals surface area contributed by atoms with Crippen LogP contribution in [-0.4, -0.2) is 20.4 Å². The number of hydrogen-bond acceptors (Lipinski definition) is 3. The molecule has 0 atom stereocenters. The lowest BCUT2D eigenvalue weighted by molar-refractivity contribution is 0.112. The van der Waals surface area contributed by atoms with Gasteiger partial charge >= 0.3 is 0 Å². The zero-order valence-electron chi connectivity index (χ0n) is 8.13. The Bertz CT molecular complexity index is 161. The van der Waals surface area contributed by atoms with Crippen molar-refractivity contribution in [3.8, 4) is 0 Å². The van der Waals surface area contributed by atoms with Crippen molar-refractivity contribution in [2.24, 2.45) is 0 Å². The van der Waals surface area contributed by atoms with E-state index in [2.05, 4.69) is 5.32 Å². The third-order valence-electron chi connectivity index (χ3n) is 0.679. The van der Waals surface area contributed by atoms with Crippen LogP contribution in [0.25, 0.3) is 0 Å². The van der Waals surface area contributed by atoms with Gasteiger partial charge in [0.1, 0.15) is 0 Å². The first kappa shape index (κ1) is 13.9. The molecular formula is C9H17NOS. The van der Waals surface area contributed by atoms with Crippen LogP contribution >= 0.6 is 11.3 Å². The molecule has 0 radical (unpaired) electrons. The Labute approximate surface area is 78.6 Å². The summed E-state index contributed by atoms with van der Waals surface area (Å²) in [4.78, 5) is 9.87. The van der Waals surface area contributed by atoms with Crippen molar-refractivity contribution < 1.29 is 4.79 Å². The molecule has 1 aromatic heterocycles. The van der Waals surface area contributed by atoms with E-state index in [-0.39, 0.29) is 0 Å². The number of thiophene rings is 1. The van der Waals surface area contributed by atoms with Crippen LogP contribution in [0, 0.1) is 0 Å². The topological polar surface area (TPSA) is 29.1 Å². The van der Waals surface area contributed by atoms with E-state index in [1.165, 1.54) is 11.3 Å². The summed E-state index contributed by atoms with van der Waals surface area (Å²) in [6.07, 6.45) is 0.844. The molecule has 3 heteroatoms. The summed E-state index contributed by atoms with van der Waals surface area (Å²) in [5.41, 5.74) is 0.769. The third-order valence-corrected chi connectivity index (χ3v) is 1.38. The molecule has 0 aromatic carbocycles. The first-order valence-electron chi connectivity index (χ1n) is 3.91. The summed E-state index contributed by atoms with van der Waals surface area (Å²) >= 11 is 1.53. The summed E-state index contributed by atoms with van der Waals surface area (Å²) in [5.74, 6) is 0. The number of hydrogen-bond donors (Lipinski definition) is 1. The molecule has 0 fully saturated rings. The maximum Gasteiger partial charge on any atom is 0.150 e. The predicted octanol–water partition coefficient (Wildman–Crippen LogP) is 2.42. The van der Waals surface area contributed by atoms with Gasteiger partial charge in [0, 0.05) is 10.9 Å². The molecule has 12 heavy (non-hydrogen) atoms. The van der Waals surface area contributed by atoms with E-state index in [1.54, 1.807) is 6.07 Å². The normalized spacial score (nSPS) is 7.00. The summed E-state index contributed by atoms with van der Waals surface area (Å²) in [6.45, 7) is 4.00. The zero-order valence-corrected chi connectivity index (χ0v) is 8.94. The number of nitrogens with one attached hydrogen (secondary N) is 1. The van der Waals surface area contributed by atoms with Gasteiger partial charge in [0.15, 0.2) is 6.29 Å². The summed E-state index contributed by atoms with van der Waals surface area (Å²) in [6, 6.07) is 1.79. The van der Waals surface area contributed by atoms with Gasteiger partial charge in [-0.1, -0.05) is 13.8 Å². The van der Waals surface area contributed by atoms with Gasteiger partial charge in [0.2, 0.25) is 0 Å². The first-order valence-corrected chi connectivity index (χ1v) is 4.85. The Kier molecular flexibility index (Phi) is 15.0. The van der Waals surface area contributed by atoms with Gasteiger partial charge in [-0.25, -0.2) is 0 Å². The van der Waals surface area contributed by atoms with Crippen LogP contribution in [0.5, 0.6) is 0 Å². The number of carbonyl (C=O) groups is 1. The van der Waals surface area contributed by atoms with Crippen molar-refractivity contribution in [2.75, 3.05) is 14.1 Å². The van der Waals surface area contributed by atoms with Gasteiger partial charge in [0.25, 0.3) is 0 Å². The molecule has 0 aliphatic heterocycles. The lowest BCUT2D eigenvalue weighted by atomic mass is 10.4. The Hall–Kier alpha value is -0.670. The fraction of sp³-hybridized carbons (Fsp3) is 0.444. The van der Waals surface area contributed by atoms with E-state index in [4.69, 9.17) is 0 Å². The average Bonchev–Trinajstić information content (AvgIpc) is 2.61. The van der Waals surface area contributed by atoms with Crippen molar-refractivity contribution in [2.45, 2.75) is 13.8 Å². The first-order chi connectivity index (χ1) is 5.85. The van der Waals surface area contributed by atoms with Crippen molar-refractivity contribution in [1.82, 2.24) is 5.32 Å². The van der Waals surface area contributed by atoms with Crippen LogP contribution in [0.4, 0.5) is 0 Å². The monoisotopic (exact) mass is 187 g/mol. The quantitative estimate of drug-likeness (QED) is 0.684. The lowest BCUT2D eigenvalue weighted by Crippen LogP contribution is -1.89. The molecular weight excluding hydrogens is 170 g/mol. The second-order valence-corrected chi connectivity index (χ2v) is 2.45. The molecule has 0 saturated heterocycles. The minimum absolute atomic E-state index is 0.769. The molecule has 0 spiro atoms. The molecule has 70 valence electrons. The molecule has 0 aliphatic rings. The molecule has 0 unspecified atom stereocenters. The summed E-state index contributed by atoms with van der Waals surface area (Å²) < 4.78 is 0. The Morgan fingerprint density at radius 2 is 1.92 bits per heavy atom. The number of aldehydes is 1. The number of carbonyl (C=O) groups excluding carboxylic acids is 1. The van der Waals surface area contributed by atoms with E-state index < -0.39 is 0 Å². The van der Waals surface area contributed by atoms with Crippen molar-refractivity contribution >= 4 is 17.6 Å². The molecule has 0 saturated carbocycles. The molecule has 0 bridgehead atoms. The Morgan fingerprint density at radius 1 is 1.42 bits per heavy atom. The highest BCUT2D eigenvalue weighted by atomic mass is 32.1. The van der Waals surface area contributed by atoms with Crippen molar-refractivity contribution in [1.29, 1.82) is 0 Å². The van der Waals surface area contributed by atoms with Gasteiger partial charge < -0.3 is 5.32 Å². The summed E-state index contributed by atoms with van der Waals surface area (Å²) in [7, 11) is 3.75. The van der Waals surface area contributed by atoms with Crippen LogP contribution in [0.2, 0.25) is 0 Å². The van der Waals surface area contributed by atoms with Crippen LogP contribution in [-0.2, 0) is 0 Å². The van der Waals surface area contributed by atoms with E-state index in [0.717, 1.165) is 11.8 Å². The molecule has 1 N–H and O–H groups in total. The predicted molar refractivity (Wildman–Crippen MR) is 56.0 cm³/mol. The van der Waals surface area contributed by atoms with Crippen LogP contribution in [0.15, 0.2) is 16.8 Å². The highest BCUT2D eigenvalue weighted by molar-refractivity contribution is 7.08. The maximum atomic E-state index is 9.87. The molecule has 0 aliphatic carbocycles. The third kappa shape index (κ3) is 9.33.